The van der Waals surface area contributed by atoms with Gasteiger partial charge in [-0.15, -0.1) is 0 Å². The van der Waals surface area contributed by atoms with Crippen LogP contribution in [0.15, 0.2) is 18.2 Å². The van der Waals surface area contributed by atoms with Crippen LogP contribution >= 0.6 is 0 Å². The van der Waals surface area contributed by atoms with E-state index < -0.39 is 47.1 Å². The molecular formula is C29H47N3O7. The summed E-state index contributed by atoms with van der Waals surface area (Å²) in [5.74, 6) is -1.68. The second-order valence-electron chi connectivity index (χ2n) is 11.5. The number of aromatic hydroxyl groups is 1. The van der Waals surface area contributed by atoms with Gasteiger partial charge in [0.1, 0.15) is 23.4 Å². The summed E-state index contributed by atoms with van der Waals surface area (Å²) in [6.45, 7) is 18.1. The van der Waals surface area contributed by atoms with Gasteiger partial charge in [0, 0.05) is 12.1 Å². The highest BCUT2D eigenvalue weighted by Gasteiger charge is 2.44. The third-order valence-corrected chi connectivity index (χ3v) is 6.34. The van der Waals surface area contributed by atoms with E-state index in [2.05, 4.69) is 10.6 Å². The number of ether oxygens (including phenoxy) is 2. The van der Waals surface area contributed by atoms with Crippen LogP contribution in [0.3, 0.4) is 0 Å². The van der Waals surface area contributed by atoms with Gasteiger partial charge in [-0.3, -0.25) is 14.4 Å². The number of amides is 3. The van der Waals surface area contributed by atoms with Gasteiger partial charge in [0.2, 0.25) is 11.8 Å². The highest BCUT2D eigenvalue weighted by Crippen LogP contribution is 2.34. The molecule has 2 atom stereocenters. The number of hydrogen-bond donors (Lipinski definition) is 3. The van der Waals surface area contributed by atoms with Crippen LogP contribution in [0.5, 0.6) is 5.75 Å². The molecule has 0 radical (unpaired) electrons. The minimum atomic E-state index is -1.12. The molecule has 220 valence electrons. The lowest BCUT2D eigenvalue weighted by molar-refractivity contribution is -0.150. The molecule has 1 aromatic rings. The molecule has 0 aliphatic rings. The lowest BCUT2D eigenvalue weighted by Gasteiger charge is -2.45. The summed E-state index contributed by atoms with van der Waals surface area (Å²) < 4.78 is 10.4. The molecule has 0 aromatic heterocycles. The van der Waals surface area contributed by atoms with Crippen LogP contribution in [0.4, 0.5) is 4.79 Å². The van der Waals surface area contributed by atoms with Crippen LogP contribution in [-0.4, -0.2) is 64.2 Å². The van der Waals surface area contributed by atoms with Crippen LogP contribution < -0.4 is 10.6 Å². The Hall–Kier alpha value is -3.30. The fraction of sp³-hybridized carbons (Fsp3) is 0.655. The first-order chi connectivity index (χ1) is 17.9. The highest BCUT2D eigenvalue weighted by atomic mass is 16.6. The number of carbonyl (C=O) groups is 4. The predicted octanol–water partition coefficient (Wildman–Crippen LogP) is 4.38. The summed E-state index contributed by atoms with van der Waals surface area (Å²) >= 11 is 0. The van der Waals surface area contributed by atoms with Gasteiger partial charge in [-0.05, 0) is 84.1 Å². The fourth-order valence-corrected chi connectivity index (χ4v) is 3.93. The molecule has 3 amide bonds. The Morgan fingerprint density at radius 2 is 1.67 bits per heavy atom. The molecule has 1 aromatic carbocycles. The number of alkyl carbamates (subject to hydrolysis) is 1. The van der Waals surface area contributed by atoms with Gasteiger partial charge < -0.3 is 30.1 Å². The van der Waals surface area contributed by atoms with Gasteiger partial charge in [-0.25, -0.2) is 4.79 Å². The van der Waals surface area contributed by atoms with Crippen LogP contribution in [0, 0.1) is 12.8 Å². The molecule has 3 N–H and O–H groups in total. The first-order valence-electron chi connectivity index (χ1n) is 13.5. The molecule has 2 unspecified atom stereocenters. The van der Waals surface area contributed by atoms with Crippen LogP contribution in [-0.2, 0) is 23.9 Å². The van der Waals surface area contributed by atoms with Crippen molar-refractivity contribution in [2.75, 3.05) is 13.2 Å². The number of hydrogen-bond acceptors (Lipinski definition) is 7. The average Bonchev–Trinajstić information content (AvgIpc) is 2.81. The van der Waals surface area contributed by atoms with E-state index in [1.54, 1.807) is 60.6 Å². The molecule has 0 aliphatic carbocycles. The Morgan fingerprint density at radius 1 is 1.05 bits per heavy atom. The maximum Gasteiger partial charge on any atom is 0.408 e. The van der Waals surface area contributed by atoms with Crippen LogP contribution in [0.2, 0.25) is 0 Å². The van der Waals surface area contributed by atoms with Crippen molar-refractivity contribution in [3.8, 4) is 5.75 Å². The largest absolute Gasteiger partial charge is 0.508 e. The number of aryl methyl sites for hydroxylation is 1. The van der Waals surface area contributed by atoms with E-state index in [1.165, 1.54) is 11.0 Å². The van der Waals surface area contributed by atoms with Crippen LogP contribution in [0.25, 0.3) is 0 Å². The second kappa shape index (κ2) is 14.2. The van der Waals surface area contributed by atoms with E-state index in [1.807, 2.05) is 20.8 Å². The number of phenols is 1. The van der Waals surface area contributed by atoms with Gasteiger partial charge in [0.25, 0.3) is 0 Å². The van der Waals surface area contributed by atoms with E-state index in [9.17, 15) is 24.3 Å². The number of nitrogens with zero attached hydrogens (tertiary/aromatic N) is 1. The molecule has 0 bridgehead atoms. The highest BCUT2D eigenvalue weighted by molar-refractivity contribution is 5.93. The summed E-state index contributed by atoms with van der Waals surface area (Å²) in [6, 6.07) is 2.62. The maximum atomic E-state index is 14.3. The topological polar surface area (TPSA) is 134 Å². The van der Waals surface area contributed by atoms with E-state index in [0.29, 0.717) is 17.5 Å². The molecule has 39 heavy (non-hydrogen) atoms. The first kappa shape index (κ1) is 33.7. The van der Waals surface area contributed by atoms with Crippen molar-refractivity contribution in [2.45, 2.75) is 105 Å². The minimum absolute atomic E-state index is 0.0174. The summed E-state index contributed by atoms with van der Waals surface area (Å²) in [7, 11) is 0. The number of benzene rings is 1. The third-order valence-electron chi connectivity index (χ3n) is 6.34. The predicted molar refractivity (Wildman–Crippen MR) is 149 cm³/mol. The lowest BCUT2D eigenvalue weighted by Crippen LogP contribution is -2.60. The lowest BCUT2D eigenvalue weighted by atomic mass is 9.90. The molecule has 10 nitrogen and oxygen atoms in total. The molecule has 1 rings (SSSR count). The Kier molecular flexibility index (Phi) is 12.3. The molecule has 0 saturated carbocycles. The van der Waals surface area contributed by atoms with Gasteiger partial charge in [0.15, 0.2) is 0 Å². The number of nitrogens with one attached hydrogen (secondary N) is 2. The molecular weight excluding hydrogens is 502 g/mol. The van der Waals surface area contributed by atoms with Crippen LogP contribution in [0.1, 0.15) is 92.3 Å². The third kappa shape index (κ3) is 10.1. The van der Waals surface area contributed by atoms with E-state index in [4.69, 9.17) is 9.47 Å². The maximum absolute atomic E-state index is 14.3. The number of rotatable bonds is 12. The number of phenolic OH excluding ortho intramolecular Hbond substituents is 1. The zero-order valence-corrected chi connectivity index (χ0v) is 25.1. The first-order valence-corrected chi connectivity index (χ1v) is 13.5. The van der Waals surface area contributed by atoms with Gasteiger partial charge in [0.05, 0.1) is 13.0 Å². The van der Waals surface area contributed by atoms with Crippen molar-refractivity contribution in [1.29, 1.82) is 0 Å². The summed E-state index contributed by atoms with van der Waals surface area (Å²) in [5.41, 5.74) is -0.573. The molecule has 0 aliphatic heterocycles. The monoisotopic (exact) mass is 549 g/mol. The Labute approximate surface area is 232 Å². The summed E-state index contributed by atoms with van der Waals surface area (Å²) in [4.78, 5) is 54.0. The number of esters is 1. The van der Waals surface area contributed by atoms with Crippen molar-refractivity contribution in [3.05, 3.63) is 29.3 Å². The molecule has 0 saturated heterocycles. The standard InChI is InChI=1S/C29H47N3O7/c1-11-29(9,10)32(26(36)23(18(3)4)31-27(37)39-28(6,7)8)24(20-13-14-21(33)19(5)17-20)25(35)30-16-15-22(34)38-12-2/h13-14,17-18,23-24,33H,11-12,15-16H2,1-10H3,(H,30,35)(H,31,37). The summed E-state index contributed by atoms with van der Waals surface area (Å²) in [6.07, 6.45) is -0.264. The fourth-order valence-electron chi connectivity index (χ4n) is 3.93. The van der Waals surface area contributed by atoms with E-state index in [0.717, 1.165) is 0 Å². The Morgan fingerprint density at radius 3 is 2.15 bits per heavy atom. The minimum Gasteiger partial charge on any atom is -0.508 e. The summed E-state index contributed by atoms with van der Waals surface area (Å²) in [5, 5.41) is 15.6. The zero-order valence-electron chi connectivity index (χ0n) is 25.1. The van der Waals surface area contributed by atoms with Gasteiger partial charge in [-0.2, -0.15) is 0 Å². The normalized spacial score (nSPS) is 13.3. The van der Waals surface area contributed by atoms with Crippen molar-refractivity contribution < 1.29 is 33.8 Å². The number of carbonyl (C=O) groups excluding carboxylic acids is 4. The second-order valence-corrected chi connectivity index (χ2v) is 11.5. The smallest absolute Gasteiger partial charge is 0.408 e. The van der Waals surface area contributed by atoms with E-state index >= 15 is 0 Å². The zero-order chi connectivity index (χ0) is 30.1. The molecule has 0 heterocycles. The quantitative estimate of drug-likeness (QED) is 0.330. The molecule has 0 fully saturated rings. The van der Waals surface area contributed by atoms with Gasteiger partial charge in [-0.1, -0.05) is 26.8 Å². The van der Waals surface area contributed by atoms with E-state index in [-0.39, 0.29) is 31.2 Å². The van der Waals surface area contributed by atoms with Crippen molar-refractivity contribution in [3.63, 3.8) is 0 Å². The molecule has 0 spiro atoms. The Bertz CT molecular complexity index is 1010. The van der Waals surface area contributed by atoms with Crippen molar-refractivity contribution >= 4 is 23.9 Å². The van der Waals surface area contributed by atoms with Gasteiger partial charge >= 0.3 is 12.1 Å². The van der Waals surface area contributed by atoms with Crippen molar-refractivity contribution in [2.24, 2.45) is 5.92 Å². The average molecular weight is 550 g/mol. The Balaban J connectivity index is 3.59. The molecule has 10 heteroatoms. The van der Waals surface area contributed by atoms with Crippen molar-refractivity contribution in [1.82, 2.24) is 15.5 Å². The SMILES string of the molecule is CCOC(=O)CCNC(=O)C(c1ccc(O)c(C)c1)N(C(=O)C(NC(=O)OC(C)(C)C)C(C)C)C(C)(C)CC.